The van der Waals surface area contributed by atoms with Crippen molar-refractivity contribution in [3.63, 3.8) is 0 Å². The molecule has 0 spiro atoms. The number of hydrogen-bond acceptors (Lipinski definition) is 5. The van der Waals surface area contributed by atoms with Gasteiger partial charge in [-0.3, -0.25) is 9.88 Å². The average molecular weight is 474 g/mol. The Morgan fingerprint density at radius 1 is 1.03 bits per heavy atom. The number of ether oxygens (including phenoxy) is 1. The maximum Gasteiger partial charge on any atom is 0.446 e. The summed E-state index contributed by atoms with van der Waals surface area (Å²) in [5.74, 6) is 0.804. The van der Waals surface area contributed by atoms with Crippen molar-refractivity contribution >= 4 is 17.4 Å². The second-order valence-corrected chi connectivity index (χ2v) is 9.81. The van der Waals surface area contributed by atoms with E-state index in [1.165, 1.54) is 12.1 Å². The summed E-state index contributed by atoms with van der Waals surface area (Å²) in [7, 11) is 1.64. The summed E-state index contributed by atoms with van der Waals surface area (Å²) in [5.41, 5.74) is -0.363. The number of pyridine rings is 1. The second kappa shape index (κ2) is 9.27. The molecule has 0 radical (unpaired) electrons. The molecule has 2 heterocycles. The van der Waals surface area contributed by atoms with Crippen LogP contribution < -0.4 is 9.64 Å². The van der Waals surface area contributed by atoms with Gasteiger partial charge in [-0.2, -0.15) is 13.2 Å². The molecule has 1 aromatic heterocycles. The molecule has 0 saturated carbocycles. The quantitative estimate of drug-likeness (QED) is 0.385. The highest BCUT2D eigenvalue weighted by atomic mass is 32.2. The minimum absolute atomic E-state index is 0.0863. The molecular weight excluding hydrogens is 447 g/mol. The first-order valence-electron chi connectivity index (χ1n) is 10.6. The fourth-order valence-corrected chi connectivity index (χ4v) is 4.56. The van der Waals surface area contributed by atoms with Crippen molar-refractivity contribution < 1.29 is 17.9 Å². The fourth-order valence-electron chi connectivity index (χ4n) is 4.02. The van der Waals surface area contributed by atoms with E-state index in [-0.39, 0.29) is 22.2 Å². The van der Waals surface area contributed by atoms with Crippen molar-refractivity contribution in [2.45, 2.75) is 36.3 Å². The van der Waals surface area contributed by atoms with Crippen molar-refractivity contribution in [3.8, 4) is 17.0 Å². The molecule has 1 aliphatic heterocycles. The standard InChI is InChI=1S/C25H26F3N3OS/c1-24(2)16-30(20-6-10-22(11-7-20)33-25(26,27)28)17-31(24)15-18-12-13-29-23(14-18)19-4-8-21(32-3)9-5-19/h4-14H,15-17H2,1-3H3. The van der Waals surface area contributed by atoms with E-state index in [9.17, 15) is 13.2 Å². The van der Waals surface area contributed by atoms with Gasteiger partial charge in [0.25, 0.3) is 0 Å². The van der Waals surface area contributed by atoms with Gasteiger partial charge < -0.3 is 9.64 Å². The lowest BCUT2D eigenvalue weighted by Gasteiger charge is -2.29. The Kier molecular flexibility index (Phi) is 6.59. The molecule has 33 heavy (non-hydrogen) atoms. The number of aromatic nitrogens is 1. The number of alkyl halides is 3. The first-order valence-corrected chi connectivity index (χ1v) is 11.4. The number of halogens is 3. The third kappa shape index (κ3) is 5.81. The van der Waals surface area contributed by atoms with Crippen LogP contribution in [-0.2, 0) is 6.54 Å². The topological polar surface area (TPSA) is 28.6 Å². The van der Waals surface area contributed by atoms with E-state index in [0.29, 0.717) is 6.67 Å². The van der Waals surface area contributed by atoms with Crippen LogP contribution >= 0.6 is 11.8 Å². The van der Waals surface area contributed by atoms with Crippen molar-refractivity contribution in [2.24, 2.45) is 0 Å². The minimum Gasteiger partial charge on any atom is -0.497 e. The van der Waals surface area contributed by atoms with Gasteiger partial charge in [0.1, 0.15) is 5.75 Å². The Morgan fingerprint density at radius 3 is 2.36 bits per heavy atom. The highest BCUT2D eigenvalue weighted by Gasteiger charge is 2.37. The zero-order valence-corrected chi connectivity index (χ0v) is 19.6. The Balaban J connectivity index is 1.46. The highest BCUT2D eigenvalue weighted by Crippen LogP contribution is 2.38. The summed E-state index contributed by atoms with van der Waals surface area (Å²) in [5, 5.41) is 0. The first-order chi connectivity index (χ1) is 15.6. The molecule has 0 atom stereocenters. The van der Waals surface area contributed by atoms with Crippen LogP contribution in [0.5, 0.6) is 5.75 Å². The lowest BCUT2D eigenvalue weighted by Crippen LogP contribution is -2.39. The molecule has 4 rings (SSSR count). The maximum absolute atomic E-state index is 12.6. The van der Waals surface area contributed by atoms with Gasteiger partial charge in [0, 0.05) is 41.0 Å². The Hall–Kier alpha value is -2.71. The minimum atomic E-state index is -4.27. The Labute approximate surface area is 196 Å². The fraction of sp³-hybridized carbons (Fsp3) is 0.320. The molecule has 2 aromatic carbocycles. The second-order valence-electron chi connectivity index (χ2n) is 8.67. The van der Waals surface area contributed by atoms with Crippen LogP contribution in [-0.4, -0.2) is 41.3 Å². The number of benzene rings is 2. The summed E-state index contributed by atoms with van der Waals surface area (Å²) >= 11 is -0.0863. The number of methoxy groups -OCH3 is 1. The molecule has 3 aromatic rings. The molecule has 1 aliphatic rings. The van der Waals surface area contributed by atoms with Crippen LogP contribution in [0.25, 0.3) is 11.3 Å². The van der Waals surface area contributed by atoms with Gasteiger partial charge in [0.15, 0.2) is 0 Å². The zero-order chi connectivity index (χ0) is 23.6. The molecule has 0 unspecified atom stereocenters. The first kappa shape index (κ1) is 23.4. The van der Waals surface area contributed by atoms with Gasteiger partial charge in [-0.05, 0) is 91.8 Å². The lowest BCUT2D eigenvalue weighted by atomic mass is 10.0. The van der Waals surface area contributed by atoms with Gasteiger partial charge in [-0.25, -0.2) is 0 Å². The number of thioether (sulfide) groups is 1. The van der Waals surface area contributed by atoms with E-state index in [1.54, 1.807) is 19.2 Å². The van der Waals surface area contributed by atoms with E-state index in [2.05, 4.69) is 34.7 Å². The lowest BCUT2D eigenvalue weighted by molar-refractivity contribution is -0.0328. The van der Waals surface area contributed by atoms with E-state index >= 15 is 0 Å². The van der Waals surface area contributed by atoms with E-state index < -0.39 is 5.51 Å². The van der Waals surface area contributed by atoms with Crippen LogP contribution in [0, 0.1) is 0 Å². The average Bonchev–Trinajstić information content (AvgIpc) is 3.07. The Morgan fingerprint density at radius 2 is 1.73 bits per heavy atom. The molecule has 0 N–H and O–H groups in total. The van der Waals surface area contributed by atoms with Crippen molar-refractivity contribution in [2.75, 3.05) is 25.2 Å². The molecule has 174 valence electrons. The molecule has 0 amide bonds. The summed E-state index contributed by atoms with van der Waals surface area (Å²) < 4.78 is 43.1. The van der Waals surface area contributed by atoms with E-state index in [1.807, 2.05) is 36.5 Å². The van der Waals surface area contributed by atoms with Gasteiger partial charge in [0.2, 0.25) is 0 Å². The van der Waals surface area contributed by atoms with Crippen LogP contribution in [0.1, 0.15) is 19.4 Å². The summed E-state index contributed by atoms with van der Waals surface area (Å²) in [6.07, 6.45) is 1.83. The predicted molar refractivity (Wildman–Crippen MR) is 126 cm³/mol. The number of nitrogens with zero attached hydrogens (tertiary/aromatic N) is 3. The zero-order valence-electron chi connectivity index (χ0n) is 18.8. The third-order valence-electron chi connectivity index (χ3n) is 5.79. The number of hydrogen-bond donors (Lipinski definition) is 0. The van der Waals surface area contributed by atoms with Crippen LogP contribution in [0.15, 0.2) is 71.8 Å². The van der Waals surface area contributed by atoms with Crippen LogP contribution in [0.2, 0.25) is 0 Å². The summed E-state index contributed by atoms with van der Waals surface area (Å²) in [4.78, 5) is 9.29. The van der Waals surface area contributed by atoms with Crippen LogP contribution in [0.3, 0.4) is 0 Å². The van der Waals surface area contributed by atoms with Crippen LogP contribution in [0.4, 0.5) is 18.9 Å². The number of anilines is 1. The smallest absolute Gasteiger partial charge is 0.446 e. The molecule has 0 bridgehead atoms. The molecular formula is C25H26F3N3OS. The van der Waals surface area contributed by atoms with Crippen molar-refractivity contribution in [1.82, 2.24) is 9.88 Å². The molecule has 1 saturated heterocycles. The summed E-state index contributed by atoms with van der Waals surface area (Å²) in [6.45, 7) is 6.60. The SMILES string of the molecule is COc1ccc(-c2cc(CN3CN(c4ccc(SC(F)(F)F)cc4)CC3(C)C)ccn2)cc1. The predicted octanol–water partition coefficient (Wildman–Crippen LogP) is 6.43. The van der Waals surface area contributed by atoms with Gasteiger partial charge in [-0.15, -0.1) is 0 Å². The van der Waals surface area contributed by atoms with Gasteiger partial charge in [0.05, 0.1) is 19.5 Å². The molecule has 4 nitrogen and oxygen atoms in total. The molecule has 0 aliphatic carbocycles. The van der Waals surface area contributed by atoms with Gasteiger partial charge in [-0.1, -0.05) is 0 Å². The maximum atomic E-state index is 12.6. The van der Waals surface area contributed by atoms with Crippen molar-refractivity contribution in [1.29, 1.82) is 0 Å². The molecule has 8 heteroatoms. The molecule has 1 fully saturated rings. The van der Waals surface area contributed by atoms with E-state index in [4.69, 9.17) is 4.74 Å². The monoisotopic (exact) mass is 473 g/mol. The third-order valence-corrected chi connectivity index (χ3v) is 6.53. The Bertz CT molecular complexity index is 1090. The number of rotatable bonds is 6. The van der Waals surface area contributed by atoms with E-state index in [0.717, 1.165) is 41.3 Å². The normalized spacial score (nSPS) is 16.2. The largest absolute Gasteiger partial charge is 0.497 e. The van der Waals surface area contributed by atoms with Gasteiger partial charge >= 0.3 is 5.51 Å². The van der Waals surface area contributed by atoms with Crippen molar-refractivity contribution in [3.05, 3.63) is 72.4 Å². The summed E-state index contributed by atoms with van der Waals surface area (Å²) in [6, 6.07) is 18.6. The highest BCUT2D eigenvalue weighted by molar-refractivity contribution is 8.00.